The third kappa shape index (κ3) is 5.09. The van der Waals surface area contributed by atoms with Gasteiger partial charge in [0.25, 0.3) is 5.91 Å². The van der Waals surface area contributed by atoms with E-state index in [1.165, 1.54) is 24.8 Å². The molecule has 1 N–H and O–H groups in total. The summed E-state index contributed by atoms with van der Waals surface area (Å²) in [5, 5.41) is 4.34. The van der Waals surface area contributed by atoms with E-state index in [1.54, 1.807) is 0 Å². The molecule has 2 aromatic rings. The first kappa shape index (κ1) is 18.0. The zero-order valence-corrected chi connectivity index (χ0v) is 14.2. The molecule has 0 saturated carbocycles. The maximum Gasteiger partial charge on any atom is 0.250 e. The van der Waals surface area contributed by atoms with Gasteiger partial charge in [-0.05, 0) is 39.0 Å². The third-order valence-corrected chi connectivity index (χ3v) is 3.81. The molecule has 1 aromatic carbocycles. The van der Waals surface area contributed by atoms with Gasteiger partial charge in [-0.3, -0.25) is 4.79 Å². The van der Waals surface area contributed by atoms with Gasteiger partial charge < -0.3 is 0 Å². The largest absolute Gasteiger partial charge is 0.272 e. The van der Waals surface area contributed by atoms with Crippen LogP contribution in [0.3, 0.4) is 0 Å². The fourth-order valence-electron chi connectivity index (χ4n) is 1.91. The number of halogens is 2. The van der Waals surface area contributed by atoms with Gasteiger partial charge in [0.2, 0.25) is 0 Å². The number of nitrogens with one attached hydrogen (secondary N) is 1. The maximum absolute atomic E-state index is 13.6. The van der Waals surface area contributed by atoms with Crippen molar-refractivity contribution in [3.8, 4) is 0 Å². The number of aromatic nitrogens is 2. The Morgan fingerprint density at radius 3 is 2.50 bits per heavy atom. The smallest absolute Gasteiger partial charge is 0.250 e. The second-order valence-electron chi connectivity index (χ2n) is 5.08. The predicted octanol–water partition coefficient (Wildman–Crippen LogP) is 3.00. The van der Waals surface area contributed by atoms with Crippen LogP contribution in [0, 0.1) is 25.5 Å². The van der Waals surface area contributed by atoms with Gasteiger partial charge in [0.1, 0.15) is 11.6 Å². The summed E-state index contributed by atoms with van der Waals surface area (Å²) in [5.41, 5.74) is 4.36. The summed E-state index contributed by atoms with van der Waals surface area (Å²) in [4.78, 5) is 20.3. The molecule has 126 valence electrons. The van der Waals surface area contributed by atoms with E-state index in [1.807, 2.05) is 19.9 Å². The zero-order valence-electron chi connectivity index (χ0n) is 13.4. The van der Waals surface area contributed by atoms with Crippen LogP contribution in [0.5, 0.6) is 0 Å². The molecular weight excluding hydrogens is 334 g/mol. The molecule has 8 heteroatoms. The molecule has 0 aliphatic heterocycles. The van der Waals surface area contributed by atoms with Crippen molar-refractivity contribution in [2.45, 2.75) is 25.9 Å². The summed E-state index contributed by atoms with van der Waals surface area (Å²) >= 11 is 1.18. The van der Waals surface area contributed by atoms with Crippen molar-refractivity contribution in [1.29, 1.82) is 0 Å². The number of carbonyl (C=O) groups is 1. The van der Waals surface area contributed by atoms with E-state index < -0.39 is 11.6 Å². The number of rotatable bonds is 5. The number of benzene rings is 1. The summed E-state index contributed by atoms with van der Waals surface area (Å²) in [5.74, 6) is -1.70. The summed E-state index contributed by atoms with van der Waals surface area (Å²) in [7, 11) is 0. The van der Waals surface area contributed by atoms with Gasteiger partial charge in [-0.2, -0.15) is 5.10 Å². The van der Waals surface area contributed by atoms with Crippen LogP contribution in [-0.2, 0) is 4.79 Å². The van der Waals surface area contributed by atoms with Crippen LogP contribution in [0.25, 0.3) is 0 Å². The molecule has 0 aliphatic carbocycles. The number of hydrogen-bond donors (Lipinski definition) is 1. The number of aryl methyl sites for hydroxylation is 2. The first-order valence-electron chi connectivity index (χ1n) is 7.09. The lowest BCUT2D eigenvalue weighted by Crippen LogP contribution is -2.21. The van der Waals surface area contributed by atoms with E-state index in [2.05, 4.69) is 20.5 Å². The molecule has 0 fully saturated rings. The highest BCUT2D eigenvalue weighted by atomic mass is 32.2. The average molecular weight is 350 g/mol. The fourth-order valence-corrected chi connectivity index (χ4v) is 2.65. The Kier molecular flexibility index (Phi) is 5.97. The number of thioether (sulfide) groups is 1. The van der Waals surface area contributed by atoms with Crippen molar-refractivity contribution in [1.82, 2.24) is 15.4 Å². The number of carbonyl (C=O) groups excluding carboxylic acids is 1. The second kappa shape index (κ2) is 7.96. The minimum Gasteiger partial charge on any atom is -0.272 e. The molecule has 2 rings (SSSR count). The third-order valence-electron chi connectivity index (χ3n) is 2.96. The monoisotopic (exact) mass is 350 g/mol. The molecule has 0 aliphatic rings. The van der Waals surface area contributed by atoms with Crippen LogP contribution in [-0.4, -0.2) is 27.3 Å². The number of hydrogen-bond acceptors (Lipinski definition) is 5. The quantitative estimate of drug-likeness (QED) is 0.390. The topological polar surface area (TPSA) is 67.2 Å². The lowest BCUT2D eigenvalue weighted by Gasteiger charge is -2.05. The molecule has 24 heavy (non-hydrogen) atoms. The second-order valence-corrected chi connectivity index (χ2v) is 6.02. The molecule has 0 radical (unpaired) electrons. The molecule has 5 nitrogen and oxygen atoms in total. The molecule has 0 unspecified atom stereocenters. The highest BCUT2D eigenvalue weighted by Crippen LogP contribution is 2.14. The SMILES string of the molecule is CC(=NNC(=O)CSc1nc(C)cc(C)n1)c1ccc(F)cc1F. The number of amides is 1. The Bertz CT molecular complexity index is 775. The van der Waals surface area contributed by atoms with Gasteiger partial charge in [-0.25, -0.2) is 24.2 Å². The van der Waals surface area contributed by atoms with E-state index in [9.17, 15) is 13.6 Å². The standard InChI is InChI=1S/C16H16F2N4OS/c1-9-6-10(2)20-16(19-9)24-8-15(23)22-21-11(3)13-5-4-12(17)7-14(13)18/h4-7H,8H2,1-3H3,(H,22,23). The Balaban J connectivity index is 1.94. The highest BCUT2D eigenvalue weighted by molar-refractivity contribution is 7.99. The van der Waals surface area contributed by atoms with Crippen molar-refractivity contribution in [3.05, 3.63) is 52.9 Å². The molecular formula is C16H16F2N4OS. The molecule has 0 bridgehead atoms. The predicted molar refractivity (Wildman–Crippen MR) is 88.9 cm³/mol. The molecule has 0 saturated heterocycles. The lowest BCUT2D eigenvalue weighted by atomic mass is 10.1. The minimum absolute atomic E-state index is 0.0750. The molecule has 0 atom stereocenters. The zero-order chi connectivity index (χ0) is 17.7. The molecule has 1 heterocycles. The van der Waals surface area contributed by atoms with Gasteiger partial charge >= 0.3 is 0 Å². The van der Waals surface area contributed by atoms with E-state index in [0.29, 0.717) is 5.16 Å². The van der Waals surface area contributed by atoms with Crippen LogP contribution in [0.4, 0.5) is 8.78 Å². The Morgan fingerprint density at radius 2 is 1.88 bits per heavy atom. The van der Waals surface area contributed by atoms with Crippen LogP contribution in [0.2, 0.25) is 0 Å². The fraction of sp³-hybridized carbons (Fsp3) is 0.250. The normalized spacial score (nSPS) is 11.5. The van der Waals surface area contributed by atoms with E-state index in [-0.39, 0.29) is 22.9 Å². The number of hydrazone groups is 1. The molecule has 1 amide bonds. The summed E-state index contributed by atoms with van der Waals surface area (Å²) in [6.45, 7) is 5.23. The van der Waals surface area contributed by atoms with Gasteiger partial charge in [-0.1, -0.05) is 11.8 Å². The van der Waals surface area contributed by atoms with Gasteiger partial charge in [-0.15, -0.1) is 0 Å². The Morgan fingerprint density at radius 1 is 1.21 bits per heavy atom. The molecule has 1 aromatic heterocycles. The first-order chi connectivity index (χ1) is 11.3. The van der Waals surface area contributed by atoms with Crippen molar-refractivity contribution in [2.24, 2.45) is 5.10 Å². The summed E-state index contributed by atoms with van der Waals surface area (Å²) in [6.07, 6.45) is 0. The van der Waals surface area contributed by atoms with Crippen LogP contribution < -0.4 is 5.43 Å². The average Bonchev–Trinajstić information content (AvgIpc) is 2.49. The van der Waals surface area contributed by atoms with Crippen molar-refractivity contribution in [3.63, 3.8) is 0 Å². The van der Waals surface area contributed by atoms with Gasteiger partial charge in [0.15, 0.2) is 5.16 Å². The lowest BCUT2D eigenvalue weighted by molar-refractivity contribution is -0.118. The molecule has 0 spiro atoms. The summed E-state index contributed by atoms with van der Waals surface area (Å²) in [6, 6.07) is 5.01. The van der Waals surface area contributed by atoms with Crippen LogP contribution in [0.15, 0.2) is 34.5 Å². The van der Waals surface area contributed by atoms with Crippen LogP contribution in [0.1, 0.15) is 23.9 Å². The summed E-state index contributed by atoms with van der Waals surface area (Å²) < 4.78 is 26.5. The Labute approximate surface area is 142 Å². The maximum atomic E-state index is 13.6. The van der Waals surface area contributed by atoms with Crippen LogP contribution >= 0.6 is 11.8 Å². The van der Waals surface area contributed by atoms with Gasteiger partial charge in [0.05, 0.1) is 11.5 Å². The first-order valence-corrected chi connectivity index (χ1v) is 8.07. The minimum atomic E-state index is -0.733. The van der Waals surface area contributed by atoms with E-state index in [0.717, 1.165) is 23.5 Å². The number of nitrogens with zero attached hydrogens (tertiary/aromatic N) is 3. The van der Waals surface area contributed by atoms with Crippen molar-refractivity contribution < 1.29 is 13.6 Å². The van der Waals surface area contributed by atoms with Crippen molar-refractivity contribution in [2.75, 3.05) is 5.75 Å². The van der Waals surface area contributed by atoms with Crippen molar-refractivity contribution >= 4 is 23.4 Å². The Hall–Kier alpha value is -2.35. The van der Waals surface area contributed by atoms with Gasteiger partial charge in [0, 0.05) is 23.0 Å². The highest BCUT2D eigenvalue weighted by Gasteiger charge is 2.09. The van der Waals surface area contributed by atoms with E-state index in [4.69, 9.17) is 0 Å². The van der Waals surface area contributed by atoms with E-state index >= 15 is 0 Å².